The van der Waals surface area contributed by atoms with Gasteiger partial charge in [0.05, 0.1) is 12.6 Å². The average Bonchev–Trinajstić information content (AvgIpc) is 2.47. The Morgan fingerprint density at radius 3 is 2.68 bits per heavy atom. The van der Waals surface area contributed by atoms with E-state index in [0.29, 0.717) is 12.5 Å². The summed E-state index contributed by atoms with van der Waals surface area (Å²) in [6, 6.07) is 6.72. The first-order valence-electron chi connectivity index (χ1n) is 7.94. The van der Waals surface area contributed by atoms with Gasteiger partial charge in [-0.1, -0.05) is 19.1 Å². The molecule has 1 atom stereocenters. The molecule has 1 fully saturated rings. The molecule has 0 radical (unpaired) electrons. The molecular formula is C17H27FN4. The zero-order valence-electron chi connectivity index (χ0n) is 13.8. The smallest absolute Gasteiger partial charge is 0.191 e. The van der Waals surface area contributed by atoms with Crippen LogP contribution in [-0.4, -0.2) is 49.5 Å². The fourth-order valence-electron chi connectivity index (χ4n) is 2.80. The molecule has 22 heavy (non-hydrogen) atoms. The standard InChI is InChI=1S/C17H27FN4/c1-13-7-9-22(10-8-13)17(19)20-12-16(21(2)3)14-5-4-6-15(18)11-14/h4-6,11,13,16H,7-10,12H2,1-3H3,(H2,19,20). The summed E-state index contributed by atoms with van der Waals surface area (Å²) in [7, 11) is 3.95. The number of likely N-dealkylation sites (N-methyl/N-ethyl adjacent to an activating group) is 1. The van der Waals surface area contributed by atoms with Gasteiger partial charge >= 0.3 is 0 Å². The number of nitrogens with two attached hydrogens (primary N) is 1. The number of halogens is 1. The van der Waals surface area contributed by atoms with Crippen LogP contribution in [-0.2, 0) is 0 Å². The van der Waals surface area contributed by atoms with Crippen LogP contribution in [0.25, 0.3) is 0 Å². The first-order chi connectivity index (χ1) is 10.5. The second-order valence-electron chi connectivity index (χ2n) is 6.40. The summed E-state index contributed by atoms with van der Waals surface area (Å²) in [4.78, 5) is 8.75. The van der Waals surface area contributed by atoms with E-state index in [9.17, 15) is 4.39 Å². The Kier molecular flexibility index (Phi) is 5.77. The minimum atomic E-state index is -0.216. The fraction of sp³-hybridized carbons (Fsp3) is 0.588. The Morgan fingerprint density at radius 1 is 1.41 bits per heavy atom. The van der Waals surface area contributed by atoms with E-state index < -0.39 is 0 Å². The Labute approximate surface area is 132 Å². The molecule has 1 unspecified atom stereocenters. The number of aliphatic imine (C=N–C) groups is 1. The van der Waals surface area contributed by atoms with Crippen LogP contribution >= 0.6 is 0 Å². The number of likely N-dealkylation sites (tertiary alicyclic amines) is 1. The van der Waals surface area contributed by atoms with Gasteiger partial charge in [-0.05, 0) is 50.6 Å². The number of rotatable bonds is 4. The van der Waals surface area contributed by atoms with Crippen LogP contribution in [0.5, 0.6) is 0 Å². The van der Waals surface area contributed by atoms with Crippen molar-refractivity contribution in [3.05, 3.63) is 35.6 Å². The van der Waals surface area contributed by atoms with Crippen LogP contribution in [0.3, 0.4) is 0 Å². The number of hydrogen-bond donors (Lipinski definition) is 1. The highest BCUT2D eigenvalue weighted by atomic mass is 19.1. The Hall–Kier alpha value is -1.62. The number of guanidine groups is 1. The lowest BCUT2D eigenvalue weighted by atomic mass is 10.00. The highest BCUT2D eigenvalue weighted by molar-refractivity contribution is 5.78. The molecule has 0 spiro atoms. The van der Waals surface area contributed by atoms with Crippen molar-refractivity contribution >= 4 is 5.96 Å². The molecule has 4 nitrogen and oxygen atoms in total. The molecule has 0 amide bonds. The van der Waals surface area contributed by atoms with Crippen LogP contribution in [0.1, 0.15) is 31.4 Å². The van der Waals surface area contributed by atoms with Crippen molar-refractivity contribution < 1.29 is 4.39 Å². The van der Waals surface area contributed by atoms with Crippen LogP contribution in [0.15, 0.2) is 29.3 Å². The molecule has 1 aliphatic heterocycles. The van der Waals surface area contributed by atoms with Crippen molar-refractivity contribution in [2.75, 3.05) is 33.7 Å². The molecule has 0 aromatic heterocycles. The summed E-state index contributed by atoms with van der Waals surface area (Å²) >= 11 is 0. The maximum atomic E-state index is 13.4. The van der Waals surface area contributed by atoms with Gasteiger partial charge in [0.1, 0.15) is 5.82 Å². The van der Waals surface area contributed by atoms with E-state index in [1.165, 1.54) is 6.07 Å². The molecule has 0 bridgehead atoms. The van der Waals surface area contributed by atoms with E-state index in [-0.39, 0.29) is 11.9 Å². The molecule has 2 rings (SSSR count). The number of hydrogen-bond acceptors (Lipinski definition) is 2. The average molecular weight is 306 g/mol. The van der Waals surface area contributed by atoms with Gasteiger partial charge in [0.2, 0.25) is 0 Å². The first kappa shape index (κ1) is 16.7. The van der Waals surface area contributed by atoms with Crippen molar-refractivity contribution in [3.8, 4) is 0 Å². The highest BCUT2D eigenvalue weighted by Gasteiger charge is 2.18. The van der Waals surface area contributed by atoms with E-state index in [2.05, 4.69) is 16.8 Å². The molecular weight excluding hydrogens is 279 g/mol. The second-order valence-corrected chi connectivity index (χ2v) is 6.40. The molecule has 122 valence electrons. The fourth-order valence-corrected chi connectivity index (χ4v) is 2.80. The number of piperidine rings is 1. The van der Waals surface area contributed by atoms with Gasteiger partial charge in [-0.25, -0.2) is 4.39 Å². The normalized spacial score (nSPS) is 18.8. The SMILES string of the molecule is CC1CCN(C(N)=NCC(c2cccc(F)c2)N(C)C)CC1. The molecule has 5 heteroatoms. The molecule has 2 N–H and O–H groups in total. The highest BCUT2D eigenvalue weighted by Crippen LogP contribution is 2.20. The molecule has 1 aromatic carbocycles. The van der Waals surface area contributed by atoms with Gasteiger partial charge < -0.3 is 15.5 Å². The largest absolute Gasteiger partial charge is 0.370 e. The summed E-state index contributed by atoms with van der Waals surface area (Å²) in [5, 5.41) is 0. The van der Waals surface area contributed by atoms with Crippen molar-refractivity contribution in [3.63, 3.8) is 0 Å². The van der Waals surface area contributed by atoms with Crippen molar-refractivity contribution in [1.29, 1.82) is 0 Å². The lowest BCUT2D eigenvalue weighted by Crippen LogP contribution is -2.43. The maximum Gasteiger partial charge on any atom is 0.191 e. The van der Waals surface area contributed by atoms with Gasteiger partial charge in [-0.2, -0.15) is 0 Å². The summed E-state index contributed by atoms with van der Waals surface area (Å²) in [6.45, 7) is 4.76. The maximum absolute atomic E-state index is 13.4. The third-order valence-corrected chi connectivity index (χ3v) is 4.39. The van der Waals surface area contributed by atoms with Gasteiger partial charge in [0.15, 0.2) is 5.96 Å². The molecule has 1 aliphatic rings. The van der Waals surface area contributed by atoms with Gasteiger partial charge in [-0.3, -0.25) is 4.99 Å². The van der Waals surface area contributed by atoms with Crippen LogP contribution in [0.2, 0.25) is 0 Å². The quantitative estimate of drug-likeness (QED) is 0.686. The van der Waals surface area contributed by atoms with Gasteiger partial charge in [-0.15, -0.1) is 0 Å². The Balaban J connectivity index is 2.03. The number of nitrogens with zero attached hydrogens (tertiary/aromatic N) is 3. The predicted molar refractivity (Wildman–Crippen MR) is 89.3 cm³/mol. The predicted octanol–water partition coefficient (Wildman–Crippen LogP) is 2.48. The minimum Gasteiger partial charge on any atom is -0.370 e. The summed E-state index contributed by atoms with van der Waals surface area (Å²) in [5.41, 5.74) is 7.06. The van der Waals surface area contributed by atoms with E-state index in [4.69, 9.17) is 5.73 Å². The molecule has 0 saturated carbocycles. The summed E-state index contributed by atoms with van der Waals surface area (Å²) in [5.74, 6) is 1.16. The van der Waals surface area contributed by atoms with Crippen molar-refractivity contribution in [2.45, 2.75) is 25.8 Å². The van der Waals surface area contributed by atoms with Gasteiger partial charge in [0, 0.05) is 13.1 Å². The molecule has 1 aromatic rings. The zero-order valence-corrected chi connectivity index (χ0v) is 13.8. The summed E-state index contributed by atoms with van der Waals surface area (Å²) < 4.78 is 13.4. The summed E-state index contributed by atoms with van der Waals surface area (Å²) in [6.07, 6.45) is 2.33. The topological polar surface area (TPSA) is 44.9 Å². The lowest BCUT2D eigenvalue weighted by Gasteiger charge is -2.31. The van der Waals surface area contributed by atoms with Gasteiger partial charge in [0.25, 0.3) is 0 Å². The van der Waals surface area contributed by atoms with E-state index >= 15 is 0 Å². The second kappa shape index (κ2) is 7.58. The monoisotopic (exact) mass is 306 g/mol. The lowest BCUT2D eigenvalue weighted by molar-refractivity contribution is 0.274. The van der Waals surface area contributed by atoms with Crippen LogP contribution < -0.4 is 5.73 Å². The third kappa shape index (κ3) is 4.44. The van der Waals surface area contributed by atoms with E-state index in [1.807, 2.05) is 25.1 Å². The first-order valence-corrected chi connectivity index (χ1v) is 7.94. The van der Waals surface area contributed by atoms with Crippen LogP contribution in [0, 0.1) is 11.7 Å². The zero-order chi connectivity index (χ0) is 16.1. The molecule has 0 aliphatic carbocycles. The molecule has 1 heterocycles. The van der Waals surface area contributed by atoms with Crippen molar-refractivity contribution in [2.24, 2.45) is 16.6 Å². The molecule has 1 saturated heterocycles. The van der Waals surface area contributed by atoms with E-state index in [0.717, 1.165) is 37.4 Å². The van der Waals surface area contributed by atoms with Crippen LogP contribution in [0.4, 0.5) is 4.39 Å². The third-order valence-electron chi connectivity index (χ3n) is 4.39. The van der Waals surface area contributed by atoms with Crippen molar-refractivity contribution in [1.82, 2.24) is 9.80 Å². The Bertz CT molecular complexity index is 507. The Morgan fingerprint density at radius 2 is 2.09 bits per heavy atom. The number of benzene rings is 1. The minimum absolute atomic E-state index is 0.0259. The van der Waals surface area contributed by atoms with E-state index in [1.54, 1.807) is 12.1 Å².